The summed E-state index contributed by atoms with van der Waals surface area (Å²) in [7, 11) is 0. The van der Waals surface area contributed by atoms with Crippen molar-refractivity contribution in [2.24, 2.45) is 0 Å². The molecule has 0 unspecified atom stereocenters. The predicted octanol–water partition coefficient (Wildman–Crippen LogP) is 2.88. The molecule has 0 aliphatic carbocycles. The van der Waals surface area contributed by atoms with Crippen LogP contribution in [-0.2, 0) is 13.0 Å². The molecule has 1 heterocycles. The smallest absolute Gasteiger partial charge is 0.132 e. The van der Waals surface area contributed by atoms with Crippen molar-refractivity contribution in [1.29, 1.82) is 0 Å². The average Bonchev–Trinajstić information content (AvgIpc) is 2.42. The second-order valence-corrected chi connectivity index (χ2v) is 4.74. The number of hydrogen-bond acceptors (Lipinski definition) is 3. The molecule has 1 aromatic carbocycles. The summed E-state index contributed by atoms with van der Waals surface area (Å²) in [6.45, 7) is 6.13. The number of rotatable bonds is 6. The maximum Gasteiger partial charge on any atom is 0.132 e. The maximum atomic E-state index is 4.61. The van der Waals surface area contributed by atoms with Gasteiger partial charge in [0.15, 0.2) is 0 Å². The standard InChI is InChI=1S/C16H21N3/c1-3-9-17-12-15-8-10-18-16(19-15)11-14-7-5-4-6-13(14)2/h4-8,10,17H,3,9,11-12H2,1-2H3. The van der Waals surface area contributed by atoms with Crippen molar-refractivity contribution in [1.82, 2.24) is 15.3 Å². The second-order valence-electron chi connectivity index (χ2n) is 4.74. The van der Waals surface area contributed by atoms with Crippen molar-refractivity contribution in [3.8, 4) is 0 Å². The lowest BCUT2D eigenvalue weighted by Crippen LogP contribution is -2.15. The summed E-state index contributed by atoms with van der Waals surface area (Å²) < 4.78 is 0. The first-order valence-corrected chi connectivity index (χ1v) is 6.85. The number of aromatic nitrogens is 2. The largest absolute Gasteiger partial charge is 0.311 e. The molecule has 0 spiro atoms. The van der Waals surface area contributed by atoms with E-state index in [0.29, 0.717) is 0 Å². The summed E-state index contributed by atoms with van der Waals surface area (Å²) in [6, 6.07) is 10.4. The Hall–Kier alpha value is -1.74. The van der Waals surface area contributed by atoms with Gasteiger partial charge in [-0.25, -0.2) is 9.97 Å². The number of aryl methyl sites for hydroxylation is 1. The van der Waals surface area contributed by atoms with Crippen LogP contribution in [0.5, 0.6) is 0 Å². The van der Waals surface area contributed by atoms with E-state index in [2.05, 4.69) is 53.4 Å². The molecule has 3 heteroatoms. The Morgan fingerprint density at radius 2 is 2.00 bits per heavy atom. The van der Waals surface area contributed by atoms with Crippen LogP contribution in [0.1, 0.15) is 36.0 Å². The van der Waals surface area contributed by atoms with Crippen molar-refractivity contribution >= 4 is 0 Å². The lowest BCUT2D eigenvalue weighted by Gasteiger charge is -2.07. The molecule has 0 bridgehead atoms. The van der Waals surface area contributed by atoms with E-state index < -0.39 is 0 Å². The fourth-order valence-corrected chi connectivity index (χ4v) is 2.00. The van der Waals surface area contributed by atoms with E-state index >= 15 is 0 Å². The summed E-state index contributed by atoms with van der Waals surface area (Å²) >= 11 is 0. The first kappa shape index (κ1) is 13.7. The van der Waals surface area contributed by atoms with Gasteiger partial charge in [0.05, 0.1) is 5.69 Å². The first-order valence-electron chi connectivity index (χ1n) is 6.85. The first-order chi connectivity index (χ1) is 9.29. The highest BCUT2D eigenvalue weighted by molar-refractivity contribution is 5.28. The van der Waals surface area contributed by atoms with Crippen LogP contribution < -0.4 is 5.32 Å². The van der Waals surface area contributed by atoms with Crippen LogP contribution in [0.4, 0.5) is 0 Å². The lowest BCUT2D eigenvalue weighted by molar-refractivity contribution is 0.659. The molecular weight excluding hydrogens is 234 g/mol. The third-order valence-corrected chi connectivity index (χ3v) is 3.11. The van der Waals surface area contributed by atoms with Crippen LogP contribution in [0.25, 0.3) is 0 Å². The second kappa shape index (κ2) is 7.00. The normalized spacial score (nSPS) is 10.6. The molecule has 0 saturated carbocycles. The monoisotopic (exact) mass is 255 g/mol. The maximum absolute atomic E-state index is 4.61. The van der Waals surface area contributed by atoms with Gasteiger partial charge in [-0.2, -0.15) is 0 Å². The van der Waals surface area contributed by atoms with Gasteiger partial charge in [0.1, 0.15) is 5.82 Å². The summed E-state index contributed by atoms with van der Waals surface area (Å²) in [5.74, 6) is 0.894. The highest BCUT2D eigenvalue weighted by Gasteiger charge is 2.03. The number of hydrogen-bond donors (Lipinski definition) is 1. The number of benzene rings is 1. The van der Waals surface area contributed by atoms with Crippen molar-refractivity contribution in [3.05, 3.63) is 59.2 Å². The molecule has 1 N–H and O–H groups in total. The zero-order chi connectivity index (χ0) is 13.5. The van der Waals surface area contributed by atoms with Crippen molar-refractivity contribution in [2.75, 3.05) is 6.54 Å². The SMILES string of the molecule is CCCNCc1ccnc(Cc2ccccc2C)n1. The molecule has 19 heavy (non-hydrogen) atoms. The highest BCUT2D eigenvalue weighted by Crippen LogP contribution is 2.11. The van der Waals surface area contributed by atoms with E-state index in [0.717, 1.165) is 37.4 Å². The van der Waals surface area contributed by atoms with E-state index in [1.54, 1.807) is 0 Å². The summed E-state index contributed by atoms with van der Waals surface area (Å²) in [4.78, 5) is 8.97. The van der Waals surface area contributed by atoms with Crippen LogP contribution in [0, 0.1) is 6.92 Å². The predicted molar refractivity (Wildman–Crippen MR) is 78.0 cm³/mol. The van der Waals surface area contributed by atoms with Gasteiger partial charge in [-0.3, -0.25) is 0 Å². The fourth-order valence-electron chi connectivity index (χ4n) is 2.00. The Bertz CT molecular complexity index is 523. The topological polar surface area (TPSA) is 37.8 Å². The third kappa shape index (κ3) is 4.14. The molecule has 0 atom stereocenters. The Morgan fingerprint density at radius 3 is 2.79 bits per heavy atom. The molecule has 0 fully saturated rings. The summed E-state index contributed by atoms with van der Waals surface area (Å²) in [6.07, 6.45) is 3.79. The van der Waals surface area contributed by atoms with Gasteiger partial charge in [0.25, 0.3) is 0 Å². The van der Waals surface area contributed by atoms with Crippen LogP contribution in [-0.4, -0.2) is 16.5 Å². The highest BCUT2D eigenvalue weighted by atomic mass is 14.9. The van der Waals surface area contributed by atoms with Gasteiger partial charge in [0.2, 0.25) is 0 Å². The molecule has 0 aliphatic rings. The van der Waals surface area contributed by atoms with E-state index in [9.17, 15) is 0 Å². The van der Waals surface area contributed by atoms with E-state index in [1.165, 1.54) is 11.1 Å². The molecule has 2 rings (SSSR count). The molecule has 0 radical (unpaired) electrons. The molecule has 2 aromatic rings. The van der Waals surface area contributed by atoms with Crippen molar-refractivity contribution in [3.63, 3.8) is 0 Å². The Labute approximate surface area is 115 Å². The van der Waals surface area contributed by atoms with Gasteiger partial charge in [-0.05, 0) is 37.1 Å². The van der Waals surface area contributed by atoms with E-state index in [-0.39, 0.29) is 0 Å². The average molecular weight is 255 g/mol. The van der Waals surface area contributed by atoms with Crippen molar-refractivity contribution < 1.29 is 0 Å². The van der Waals surface area contributed by atoms with E-state index in [1.807, 2.05) is 12.3 Å². The molecule has 1 aromatic heterocycles. The molecule has 0 saturated heterocycles. The molecule has 100 valence electrons. The summed E-state index contributed by atoms with van der Waals surface area (Å²) in [5.41, 5.74) is 3.65. The van der Waals surface area contributed by atoms with Gasteiger partial charge >= 0.3 is 0 Å². The molecular formula is C16H21N3. The number of nitrogens with one attached hydrogen (secondary N) is 1. The van der Waals surface area contributed by atoms with Gasteiger partial charge < -0.3 is 5.32 Å². The van der Waals surface area contributed by atoms with Gasteiger partial charge in [-0.1, -0.05) is 31.2 Å². The zero-order valence-electron chi connectivity index (χ0n) is 11.7. The van der Waals surface area contributed by atoms with Crippen LogP contribution >= 0.6 is 0 Å². The van der Waals surface area contributed by atoms with Crippen LogP contribution in [0.2, 0.25) is 0 Å². The van der Waals surface area contributed by atoms with E-state index in [4.69, 9.17) is 0 Å². The van der Waals surface area contributed by atoms with Gasteiger partial charge in [0, 0.05) is 19.2 Å². The van der Waals surface area contributed by atoms with Crippen LogP contribution in [0.3, 0.4) is 0 Å². The lowest BCUT2D eigenvalue weighted by atomic mass is 10.1. The van der Waals surface area contributed by atoms with Crippen molar-refractivity contribution in [2.45, 2.75) is 33.2 Å². The zero-order valence-corrected chi connectivity index (χ0v) is 11.7. The molecule has 0 amide bonds. The molecule has 0 aliphatic heterocycles. The Morgan fingerprint density at radius 1 is 1.16 bits per heavy atom. The number of nitrogens with zero attached hydrogens (tertiary/aromatic N) is 2. The summed E-state index contributed by atoms with van der Waals surface area (Å²) in [5, 5.41) is 3.36. The molecule has 3 nitrogen and oxygen atoms in total. The quantitative estimate of drug-likeness (QED) is 0.807. The Kier molecular flexibility index (Phi) is 5.04. The minimum absolute atomic E-state index is 0.800. The Balaban J connectivity index is 2.05. The minimum atomic E-state index is 0.800. The van der Waals surface area contributed by atoms with Gasteiger partial charge in [-0.15, -0.1) is 0 Å². The van der Waals surface area contributed by atoms with Crippen LogP contribution in [0.15, 0.2) is 36.5 Å². The fraction of sp³-hybridized carbons (Fsp3) is 0.375. The minimum Gasteiger partial charge on any atom is -0.311 e. The third-order valence-electron chi connectivity index (χ3n) is 3.11.